The van der Waals surface area contributed by atoms with Crippen molar-refractivity contribution >= 4 is 40.2 Å². The number of carbonyl (C=O) groups is 2. The fraction of sp³-hybridized carbons (Fsp3) is 0.385. The molecule has 19 heavy (non-hydrogen) atoms. The molecule has 1 unspecified atom stereocenters. The van der Waals surface area contributed by atoms with E-state index in [0.29, 0.717) is 0 Å². The van der Waals surface area contributed by atoms with Gasteiger partial charge in [-0.2, -0.15) is 0 Å². The molecule has 104 valence electrons. The molecule has 5 nitrogen and oxygen atoms in total. The molecule has 0 fully saturated rings. The highest BCUT2D eigenvalue weighted by Gasteiger charge is 2.19. The average Bonchev–Trinajstić information content (AvgIpc) is 2.31. The van der Waals surface area contributed by atoms with E-state index in [1.807, 2.05) is 25.1 Å². The minimum Gasteiger partial charge on any atom is -0.480 e. The van der Waals surface area contributed by atoms with Crippen LogP contribution in [0.2, 0.25) is 0 Å². The molecule has 1 atom stereocenters. The molecule has 0 aromatic heterocycles. The summed E-state index contributed by atoms with van der Waals surface area (Å²) in [5.41, 5.74) is 1.73. The summed E-state index contributed by atoms with van der Waals surface area (Å²) in [5, 5.41) is 11.6. The van der Waals surface area contributed by atoms with E-state index in [0.717, 1.165) is 14.8 Å². The number of carboxylic acid groups (broad SMARTS) is 1. The van der Waals surface area contributed by atoms with Gasteiger partial charge in [-0.25, -0.2) is 0 Å². The van der Waals surface area contributed by atoms with Crippen molar-refractivity contribution in [1.82, 2.24) is 4.90 Å². The smallest absolute Gasteiger partial charge is 0.320 e. The van der Waals surface area contributed by atoms with E-state index in [2.05, 4.69) is 27.9 Å². The number of benzene rings is 1. The van der Waals surface area contributed by atoms with Gasteiger partial charge in [0.2, 0.25) is 5.91 Å². The monoisotopic (exact) mass is 376 g/mol. The number of carboxylic acids is 1. The Hall–Kier alpha value is -1.15. The number of carbonyl (C=O) groups excluding carboxylic acids is 1. The van der Waals surface area contributed by atoms with E-state index in [4.69, 9.17) is 5.11 Å². The topological polar surface area (TPSA) is 69.6 Å². The standard InChI is InChI=1S/C13H17IN2O3/c1-8-6-10(14)4-5-11(8)15-12(17)7-16(3)9(2)13(18)19/h4-6,9H,7H2,1-3H3,(H,15,17)(H,18,19). The number of anilines is 1. The third kappa shape index (κ3) is 4.79. The number of aliphatic carboxylic acids is 1. The first kappa shape index (κ1) is 15.9. The summed E-state index contributed by atoms with van der Waals surface area (Å²) < 4.78 is 1.10. The minimum absolute atomic E-state index is 0.0406. The average molecular weight is 376 g/mol. The Morgan fingerprint density at radius 1 is 1.47 bits per heavy atom. The number of halogens is 1. The van der Waals surface area contributed by atoms with E-state index in [9.17, 15) is 9.59 Å². The number of hydrogen-bond donors (Lipinski definition) is 2. The van der Waals surface area contributed by atoms with Gasteiger partial charge in [-0.1, -0.05) is 0 Å². The molecule has 0 aliphatic rings. The second-order valence-corrected chi connectivity index (χ2v) is 5.68. The van der Waals surface area contributed by atoms with Crippen LogP contribution in [0.4, 0.5) is 5.69 Å². The van der Waals surface area contributed by atoms with Crippen molar-refractivity contribution < 1.29 is 14.7 Å². The maximum absolute atomic E-state index is 11.8. The molecule has 1 aromatic rings. The molecule has 0 saturated heterocycles. The highest BCUT2D eigenvalue weighted by molar-refractivity contribution is 14.1. The van der Waals surface area contributed by atoms with Crippen molar-refractivity contribution in [3.8, 4) is 0 Å². The summed E-state index contributed by atoms with van der Waals surface area (Å²) in [7, 11) is 1.61. The second-order valence-electron chi connectivity index (χ2n) is 4.44. The maximum atomic E-state index is 11.8. The zero-order chi connectivity index (χ0) is 14.6. The van der Waals surface area contributed by atoms with Crippen LogP contribution in [-0.4, -0.2) is 41.5 Å². The zero-order valence-corrected chi connectivity index (χ0v) is 13.3. The molecular formula is C13H17IN2O3. The fourth-order valence-electron chi connectivity index (χ4n) is 1.51. The van der Waals surface area contributed by atoms with Crippen LogP contribution in [-0.2, 0) is 9.59 Å². The van der Waals surface area contributed by atoms with E-state index < -0.39 is 12.0 Å². The van der Waals surface area contributed by atoms with Crippen molar-refractivity contribution in [3.63, 3.8) is 0 Å². The van der Waals surface area contributed by atoms with Gasteiger partial charge < -0.3 is 10.4 Å². The third-order valence-corrected chi connectivity index (χ3v) is 3.55. The molecule has 1 rings (SSSR count). The van der Waals surface area contributed by atoms with Gasteiger partial charge in [0.1, 0.15) is 6.04 Å². The summed E-state index contributed by atoms with van der Waals surface area (Å²) in [6.45, 7) is 3.51. The van der Waals surface area contributed by atoms with Crippen LogP contribution in [0.1, 0.15) is 12.5 Å². The van der Waals surface area contributed by atoms with Crippen LogP contribution in [0.5, 0.6) is 0 Å². The van der Waals surface area contributed by atoms with E-state index >= 15 is 0 Å². The van der Waals surface area contributed by atoms with Gasteiger partial charge >= 0.3 is 5.97 Å². The van der Waals surface area contributed by atoms with Crippen LogP contribution < -0.4 is 5.32 Å². The molecular weight excluding hydrogens is 359 g/mol. The van der Waals surface area contributed by atoms with Gasteiger partial charge in [-0.3, -0.25) is 14.5 Å². The van der Waals surface area contributed by atoms with E-state index in [1.165, 1.54) is 4.90 Å². The number of amides is 1. The first-order chi connectivity index (χ1) is 8.81. The first-order valence-corrected chi connectivity index (χ1v) is 6.88. The molecule has 6 heteroatoms. The van der Waals surface area contributed by atoms with E-state index in [-0.39, 0.29) is 12.5 Å². The summed E-state index contributed by atoms with van der Waals surface area (Å²) in [5.74, 6) is -1.17. The molecule has 1 aromatic carbocycles. The minimum atomic E-state index is -0.944. The Kier molecular flexibility index (Phi) is 5.74. The number of rotatable bonds is 5. The lowest BCUT2D eigenvalue weighted by atomic mass is 10.2. The lowest BCUT2D eigenvalue weighted by Crippen LogP contribution is -2.40. The number of aryl methyl sites for hydroxylation is 1. The van der Waals surface area contributed by atoms with Gasteiger partial charge in [0.15, 0.2) is 0 Å². The molecule has 2 N–H and O–H groups in total. The van der Waals surface area contributed by atoms with Crippen LogP contribution in [0.25, 0.3) is 0 Å². The summed E-state index contributed by atoms with van der Waals surface area (Å²) in [6.07, 6.45) is 0. The van der Waals surface area contributed by atoms with Gasteiger partial charge in [0, 0.05) is 9.26 Å². The molecule has 0 saturated carbocycles. The summed E-state index contributed by atoms with van der Waals surface area (Å²) in [4.78, 5) is 24.1. The van der Waals surface area contributed by atoms with Gasteiger partial charge in [0.25, 0.3) is 0 Å². The molecule has 0 aliphatic carbocycles. The summed E-state index contributed by atoms with van der Waals surface area (Å²) >= 11 is 2.21. The highest BCUT2D eigenvalue weighted by atomic mass is 127. The van der Waals surface area contributed by atoms with Gasteiger partial charge in [0.05, 0.1) is 6.54 Å². The maximum Gasteiger partial charge on any atom is 0.320 e. The third-order valence-electron chi connectivity index (χ3n) is 2.87. The van der Waals surface area contributed by atoms with Crippen molar-refractivity contribution in [2.24, 2.45) is 0 Å². The Balaban J connectivity index is 2.63. The Morgan fingerprint density at radius 2 is 2.11 bits per heavy atom. The van der Waals surface area contributed by atoms with E-state index in [1.54, 1.807) is 14.0 Å². The SMILES string of the molecule is Cc1cc(I)ccc1NC(=O)CN(C)C(C)C(=O)O. The van der Waals surface area contributed by atoms with Crippen molar-refractivity contribution in [2.75, 3.05) is 18.9 Å². The van der Waals surface area contributed by atoms with Crippen LogP contribution in [0.15, 0.2) is 18.2 Å². The normalized spacial score (nSPS) is 12.3. The Labute approximate surface area is 126 Å². The predicted octanol–water partition coefficient (Wildman–Crippen LogP) is 1.94. The number of hydrogen-bond acceptors (Lipinski definition) is 3. The molecule has 0 bridgehead atoms. The zero-order valence-electron chi connectivity index (χ0n) is 11.1. The molecule has 0 aliphatic heterocycles. The Bertz CT molecular complexity index is 491. The Morgan fingerprint density at radius 3 is 2.63 bits per heavy atom. The van der Waals surface area contributed by atoms with Gasteiger partial charge in [-0.15, -0.1) is 0 Å². The largest absolute Gasteiger partial charge is 0.480 e. The highest BCUT2D eigenvalue weighted by Crippen LogP contribution is 2.17. The number of likely N-dealkylation sites (N-methyl/N-ethyl adjacent to an activating group) is 1. The number of nitrogens with one attached hydrogen (secondary N) is 1. The van der Waals surface area contributed by atoms with Crippen molar-refractivity contribution in [3.05, 3.63) is 27.3 Å². The summed E-state index contributed by atoms with van der Waals surface area (Å²) in [6, 6.07) is 5.03. The quantitative estimate of drug-likeness (QED) is 0.771. The van der Waals surface area contributed by atoms with Crippen molar-refractivity contribution in [2.45, 2.75) is 19.9 Å². The molecule has 1 amide bonds. The van der Waals surface area contributed by atoms with Crippen molar-refractivity contribution in [1.29, 1.82) is 0 Å². The van der Waals surface area contributed by atoms with Crippen LogP contribution in [0.3, 0.4) is 0 Å². The predicted molar refractivity (Wildman–Crippen MR) is 82.3 cm³/mol. The number of nitrogens with zero attached hydrogens (tertiary/aromatic N) is 1. The fourth-order valence-corrected chi connectivity index (χ4v) is 2.16. The lowest BCUT2D eigenvalue weighted by molar-refractivity contribution is -0.142. The lowest BCUT2D eigenvalue weighted by Gasteiger charge is -2.20. The first-order valence-electron chi connectivity index (χ1n) is 5.80. The van der Waals surface area contributed by atoms with Crippen LogP contribution in [0, 0.1) is 10.5 Å². The molecule has 0 spiro atoms. The molecule has 0 heterocycles. The van der Waals surface area contributed by atoms with Gasteiger partial charge in [-0.05, 0) is 67.2 Å². The molecule has 0 radical (unpaired) electrons. The second kappa shape index (κ2) is 6.85. The van der Waals surface area contributed by atoms with Crippen LogP contribution >= 0.6 is 22.6 Å².